The Labute approximate surface area is 115 Å². The third kappa shape index (κ3) is 3.18. The summed E-state index contributed by atoms with van der Waals surface area (Å²) < 4.78 is 13.2. The third-order valence-electron chi connectivity index (χ3n) is 2.40. The van der Waals surface area contributed by atoms with E-state index < -0.39 is 10.8 Å². The fourth-order valence-corrected chi connectivity index (χ4v) is 4.30. The third-order valence-corrected chi connectivity index (χ3v) is 5.63. The van der Waals surface area contributed by atoms with E-state index in [9.17, 15) is 4.21 Å². The zero-order valence-electron chi connectivity index (χ0n) is 9.27. The van der Waals surface area contributed by atoms with Crippen LogP contribution in [0.1, 0.15) is 10.4 Å². The number of hydrogen-bond donors (Lipinski definition) is 1. The highest BCUT2D eigenvalue weighted by molar-refractivity contribution is 9.10. The average molecular weight is 330 g/mol. The second-order valence-corrected chi connectivity index (χ2v) is 7.10. The molecule has 0 saturated carbocycles. The van der Waals surface area contributed by atoms with Gasteiger partial charge in [0, 0.05) is 25.3 Å². The second-order valence-electron chi connectivity index (χ2n) is 3.74. The summed E-state index contributed by atoms with van der Waals surface area (Å²) in [5, 5.41) is 2.00. The van der Waals surface area contributed by atoms with Gasteiger partial charge in [-0.3, -0.25) is 4.21 Å². The number of nitrogens with two attached hydrogens (primary N) is 1. The van der Waals surface area contributed by atoms with Gasteiger partial charge in [-0.2, -0.15) is 0 Å². The largest absolute Gasteiger partial charge is 0.399 e. The first kappa shape index (κ1) is 12.8. The highest BCUT2D eigenvalue weighted by atomic mass is 79.9. The monoisotopic (exact) mass is 329 g/mol. The van der Waals surface area contributed by atoms with Gasteiger partial charge in [-0.15, -0.1) is 11.3 Å². The van der Waals surface area contributed by atoms with Gasteiger partial charge in [0.25, 0.3) is 0 Å². The van der Waals surface area contributed by atoms with Crippen LogP contribution in [0, 0.1) is 6.92 Å². The molecule has 0 radical (unpaired) electrons. The number of benzene rings is 1. The molecule has 2 aromatic rings. The quantitative estimate of drug-likeness (QED) is 0.872. The molecule has 0 fully saturated rings. The number of aryl methyl sites for hydroxylation is 1. The molecule has 2 nitrogen and oxygen atoms in total. The van der Waals surface area contributed by atoms with Crippen LogP contribution in [-0.4, -0.2) is 4.21 Å². The van der Waals surface area contributed by atoms with Crippen molar-refractivity contribution < 1.29 is 4.21 Å². The maximum Gasteiger partial charge on any atom is 0.0626 e. The summed E-state index contributed by atoms with van der Waals surface area (Å²) in [4.78, 5) is 1.95. The Hall–Kier alpha value is -0.650. The Bertz CT molecular complexity index is 565. The van der Waals surface area contributed by atoms with Crippen LogP contribution >= 0.6 is 27.3 Å². The highest BCUT2D eigenvalue weighted by Crippen LogP contribution is 2.23. The van der Waals surface area contributed by atoms with Crippen molar-refractivity contribution in [1.82, 2.24) is 0 Å². The molecule has 5 heteroatoms. The van der Waals surface area contributed by atoms with Gasteiger partial charge in [-0.1, -0.05) is 0 Å². The van der Waals surface area contributed by atoms with Crippen LogP contribution in [0.15, 0.2) is 39.0 Å². The first-order valence-electron chi connectivity index (χ1n) is 5.03. The molecule has 0 saturated heterocycles. The van der Waals surface area contributed by atoms with Crippen LogP contribution in [0.25, 0.3) is 0 Å². The van der Waals surface area contributed by atoms with Crippen LogP contribution in [0.3, 0.4) is 0 Å². The van der Waals surface area contributed by atoms with Crippen molar-refractivity contribution in [3.63, 3.8) is 0 Å². The maximum absolute atomic E-state index is 12.1. The summed E-state index contributed by atoms with van der Waals surface area (Å²) in [6.07, 6.45) is 0. The molecular formula is C12H12BrNOS2. The van der Waals surface area contributed by atoms with Gasteiger partial charge in [0.05, 0.1) is 16.6 Å². The molecule has 0 amide bonds. The predicted octanol–water partition coefficient (Wildman–Crippen LogP) is 3.71. The zero-order valence-corrected chi connectivity index (χ0v) is 12.5. The SMILES string of the molecule is Cc1cc(S(=O)Cc2cc(Br)cs2)ccc1N. The zero-order chi connectivity index (χ0) is 12.4. The molecule has 1 unspecified atom stereocenters. The molecule has 0 aliphatic carbocycles. The minimum atomic E-state index is -1.01. The lowest BCUT2D eigenvalue weighted by Crippen LogP contribution is -1.97. The molecule has 0 aliphatic rings. The number of thiophene rings is 1. The molecule has 1 aromatic heterocycles. The van der Waals surface area contributed by atoms with E-state index in [0.29, 0.717) is 5.75 Å². The van der Waals surface area contributed by atoms with Crippen LogP contribution in [-0.2, 0) is 16.6 Å². The Kier molecular flexibility index (Phi) is 4.01. The fourth-order valence-electron chi connectivity index (χ4n) is 1.43. The number of nitrogen functional groups attached to an aromatic ring is 1. The Morgan fingerprint density at radius 1 is 1.41 bits per heavy atom. The van der Waals surface area contributed by atoms with E-state index >= 15 is 0 Å². The molecule has 0 aliphatic heterocycles. The van der Waals surface area contributed by atoms with Gasteiger partial charge in [-0.05, 0) is 52.7 Å². The lowest BCUT2D eigenvalue weighted by molar-refractivity contribution is 0.683. The molecule has 1 atom stereocenters. The van der Waals surface area contributed by atoms with Crippen molar-refractivity contribution in [3.8, 4) is 0 Å². The topological polar surface area (TPSA) is 43.1 Å². The van der Waals surface area contributed by atoms with Crippen LogP contribution in [0.4, 0.5) is 5.69 Å². The summed E-state index contributed by atoms with van der Waals surface area (Å²) in [6.45, 7) is 1.93. The van der Waals surface area contributed by atoms with Gasteiger partial charge in [0.1, 0.15) is 0 Å². The predicted molar refractivity (Wildman–Crippen MR) is 77.7 cm³/mol. The minimum Gasteiger partial charge on any atom is -0.399 e. The van der Waals surface area contributed by atoms with E-state index in [2.05, 4.69) is 15.9 Å². The minimum absolute atomic E-state index is 0.555. The van der Waals surface area contributed by atoms with E-state index in [1.165, 1.54) is 0 Å². The second kappa shape index (κ2) is 5.33. The van der Waals surface area contributed by atoms with Crippen LogP contribution in [0.2, 0.25) is 0 Å². The van der Waals surface area contributed by atoms with Gasteiger partial charge in [0.15, 0.2) is 0 Å². The van der Waals surface area contributed by atoms with Crippen molar-refractivity contribution in [1.29, 1.82) is 0 Å². The average Bonchev–Trinajstić information content (AvgIpc) is 2.68. The Morgan fingerprint density at radius 2 is 2.18 bits per heavy atom. The summed E-state index contributed by atoms with van der Waals surface area (Å²) >= 11 is 5.01. The van der Waals surface area contributed by atoms with Crippen molar-refractivity contribution >= 4 is 43.8 Å². The van der Waals surface area contributed by atoms with Gasteiger partial charge in [-0.25, -0.2) is 0 Å². The molecule has 0 bridgehead atoms. The smallest absolute Gasteiger partial charge is 0.0626 e. The summed E-state index contributed by atoms with van der Waals surface area (Å²) in [5.41, 5.74) is 7.46. The fraction of sp³-hybridized carbons (Fsp3) is 0.167. The summed E-state index contributed by atoms with van der Waals surface area (Å²) in [5.74, 6) is 0.555. The highest BCUT2D eigenvalue weighted by Gasteiger charge is 2.08. The number of halogens is 1. The molecule has 2 N–H and O–H groups in total. The first-order chi connectivity index (χ1) is 8.06. The molecule has 1 aromatic carbocycles. The van der Waals surface area contributed by atoms with Crippen LogP contribution < -0.4 is 5.73 Å². The normalized spacial score (nSPS) is 12.6. The van der Waals surface area contributed by atoms with E-state index in [-0.39, 0.29) is 0 Å². The molecule has 90 valence electrons. The Balaban J connectivity index is 2.17. The Morgan fingerprint density at radius 3 is 2.76 bits per heavy atom. The number of hydrogen-bond acceptors (Lipinski definition) is 3. The maximum atomic E-state index is 12.1. The molecule has 17 heavy (non-hydrogen) atoms. The van der Waals surface area contributed by atoms with E-state index in [4.69, 9.17) is 5.73 Å². The van der Waals surface area contributed by atoms with Crippen molar-refractivity contribution in [3.05, 3.63) is 44.6 Å². The molecule has 2 rings (SSSR count). The summed E-state index contributed by atoms with van der Waals surface area (Å²) in [7, 11) is -1.01. The van der Waals surface area contributed by atoms with E-state index in [1.54, 1.807) is 11.3 Å². The molecule has 1 heterocycles. The van der Waals surface area contributed by atoms with Gasteiger partial charge < -0.3 is 5.73 Å². The number of rotatable bonds is 3. The van der Waals surface area contributed by atoms with Crippen molar-refractivity contribution in [2.45, 2.75) is 17.6 Å². The van der Waals surface area contributed by atoms with Gasteiger partial charge >= 0.3 is 0 Å². The van der Waals surface area contributed by atoms with Crippen LogP contribution in [0.5, 0.6) is 0 Å². The summed E-state index contributed by atoms with van der Waals surface area (Å²) in [6, 6.07) is 7.55. The first-order valence-corrected chi connectivity index (χ1v) is 8.03. The standard InChI is InChI=1S/C12H12BrNOS2/c1-8-4-11(2-3-12(8)14)17(15)7-10-5-9(13)6-16-10/h2-6H,7,14H2,1H3. The van der Waals surface area contributed by atoms with Crippen molar-refractivity contribution in [2.75, 3.05) is 5.73 Å². The number of anilines is 1. The van der Waals surface area contributed by atoms with E-state index in [0.717, 1.165) is 25.5 Å². The van der Waals surface area contributed by atoms with E-state index in [1.807, 2.05) is 36.6 Å². The molecule has 0 spiro atoms. The van der Waals surface area contributed by atoms with Crippen molar-refractivity contribution in [2.24, 2.45) is 0 Å². The van der Waals surface area contributed by atoms with Gasteiger partial charge in [0.2, 0.25) is 0 Å². The molecular weight excluding hydrogens is 318 g/mol. The lowest BCUT2D eigenvalue weighted by atomic mass is 10.2. The lowest BCUT2D eigenvalue weighted by Gasteiger charge is -2.04.